The number of carbonyl (C=O) groups is 2. The topological polar surface area (TPSA) is 121 Å². The molecule has 1 amide bonds. The number of carbonyl (C=O) groups excluding carboxylic acids is 2. The van der Waals surface area contributed by atoms with E-state index in [-0.39, 0.29) is 23.8 Å². The van der Waals surface area contributed by atoms with Crippen LogP contribution in [0.4, 0.5) is 11.4 Å². The molecule has 1 saturated heterocycles. The third kappa shape index (κ3) is 5.24. The number of esters is 1. The zero-order valence-corrected chi connectivity index (χ0v) is 19.2. The van der Waals surface area contributed by atoms with Crippen molar-refractivity contribution in [2.24, 2.45) is 0 Å². The van der Waals surface area contributed by atoms with Gasteiger partial charge in [-0.2, -0.15) is 0 Å². The van der Waals surface area contributed by atoms with Gasteiger partial charge >= 0.3 is 5.97 Å². The van der Waals surface area contributed by atoms with Gasteiger partial charge in [0, 0.05) is 55.8 Å². The molecule has 4 rings (SSSR count). The van der Waals surface area contributed by atoms with E-state index in [1.54, 1.807) is 12.1 Å². The number of amides is 1. The number of anilines is 1. The van der Waals surface area contributed by atoms with E-state index in [4.69, 9.17) is 4.74 Å². The van der Waals surface area contributed by atoms with Gasteiger partial charge in [-0.25, -0.2) is 4.79 Å². The summed E-state index contributed by atoms with van der Waals surface area (Å²) in [7, 11) is 1.31. The first-order chi connectivity index (χ1) is 16.3. The number of nitrogens with zero attached hydrogens (tertiary/aromatic N) is 3. The van der Waals surface area contributed by atoms with Gasteiger partial charge in [0.05, 0.1) is 24.3 Å². The fourth-order valence-corrected chi connectivity index (χ4v) is 4.16. The van der Waals surface area contributed by atoms with Gasteiger partial charge in [-0.05, 0) is 24.6 Å². The summed E-state index contributed by atoms with van der Waals surface area (Å²) >= 11 is 0. The number of fused-ring (bicyclic) bond motifs is 1. The summed E-state index contributed by atoms with van der Waals surface area (Å²) in [5.74, 6) is -0.736. The number of H-pyrrole nitrogens is 1. The first kappa shape index (κ1) is 23.4. The molecule has 2 heterocycles. The lowest BCUT2D eigenvalue weighted by Gasteiger charge is -2.34. The van der Waals surface area contributed by atoms with E-state index in [0.29, 0.717) is 12.2 Å². The van der Waals surface area contributed by atoms with Crippen LogP contribution in [-0.4, -0.2) is 71.4 Å². The second-order valence-electron chi connectivity index (χ2n) is 8.44. The van der Waals surface area contributed by atoms with Gasteiger partial charge in [0.15, 0.2) is 0 Å². The lowest BCUT2D eigenvalue weighted by Crippen LogP contribution is -2.48. The lowest BCUT2D eigenvalue weighted by molar-refractivity contribution is -0.384. The number of nitro benzene ring substituents is 1. The molecule has 1 aliphatic heterocycles. The van der Waals surface area contributed by atoms with Gasteiger partial charge in [-0.15, -0.1) is 0 Å². The molecule has 2 aromatic carbocycles. The highest BCUT2D eigenvalue weighted by molar-refractivity contribution is 6.11. The number of hydrogen-bond donors (Lipinski definition) is 2. The Kier molecular flexibility index (Phi) is 6.90. The maximum Gasteiger partial charge on any atom is 0.356 e. The minimum atomic E-state index is -0.538. The smallest absolute Gasteiger partial charge is 0.356 e. The zero-order chi connectivity index (χ0) is 24.2. The third-order valence-electron chi connectivity index (χ3n) is 5.99. The van der Waals surface area contributed by atoms with Crippen LogP contribution in [-0.2, 0) is 16.1 Å². The van der Waals surface area contributed by atoms with E-state index in [2.05, 4.69) is 20.1 Å². The molecule has 2 N–H and O–H groups in total. The molecule has 10 nitrogen and oxygen atoms in total. The van der Waals surface area contributed by atoms with Crippen LogP contribution in [0.25, 0.3) is 10.9 Å². The summed E-state index contributed by atoms with van der Waals surface area (Å²) in [6.45, 7) is 5.87. The summed E-state index contributed by atoms with van der Waals surface area (Å²) < 4.78 is 4.88. The van der Waals surface area contributed by atoms with E-state index >= 15 is 0 Å². The second kappa shape index (κ2) is 10.0. The average Bonchev–Trinajstić information content (AvgIpc) is 3.17. The number of piperazine rings is 1. The number of methoxy groups -OCH3 is 1. The Bertz CT molecular complexity index is 1210. The summed E-state index contributed by atoms with van der Waals surface area (Å²) in [5.41, 5.74) is 3.53. The molecule has 0 saturated carbocycles. The van der Waals surface area contributed by atoms with Gasteiger partial charge < -0.3 is 15.0 Å². The van der Waals surface area contributed by atoms with E-state index in [1.807, 2.05) is 25.1 Å². The van der Waals surface area contributed by atoms with Crippen molar-refractivity contribution in [3.05, 3.63) is 69.4 Å². The van der Waals surface area contributed by atoms with Crippen molar-refractivity contribution in [2.45, 2.75) is 13.5 Å². The highest BCUT2D eigenvalue weighted by Crippen LogP contribution is 2.29. The molecule has 10 heteroatoms. The first-order valence-corrected chi connectivity index (χ1v) is 11.0. The minimum absolute atomic E-state index is 0.0836. The number of non-ortho nitro benzene ring substituents is 1. The average molecular weight is 466 g/mol. The molecule has 1 aliphatic rings. The molecule has 1 aromatic heterocycles. The number of hydrogen-bond acceptors (Lipinski definition) is 7. The van der Waals surface area contributed by atoms with Crippen molar-refractivity contribution in [3.63, 3.8) is 0 Å². The van der Waals surface area contributed by atoms with Crippen molar-refractivity contribution in [3.8, 4) is 0 Å². The minimum Gasteiger partial charge on any atom is -0.464 e. The molecule has 0 bridgehead atoms. The largest absolute Gasteiger partial charge is 0.464 e. The molecule has 0 radical (unpaired) electrons. The summed E-state index contributed by atoms with van der Waals surface area (Å²) in [6.07, 6.45) is 0. The number of aromatic amines is 1. The summed E-state index contributed by atoms with van der Waals surface area (Å²) in [6, 6.07) is 12.3. The van der Waals surface area contributed by atoms with E-state index < -0.39 is 10.9 Å². The van der Waals surface area contributed by atoms with Crippen molar-refractivity contribution >= 4 is 34.2 Å². The highest BCUT2D eigenvalue weighted by Gasteiger charge is 2.23. The Morgan fingerprint density at radius 1 is 1.09 bits per heavy atom. The standard InChI is InChI=1S/C24H27N5O5/c1-16-3-8-20-19(13-16)22(23(25-20)24(31)34-2)26-21(30)15-28-11-9-27(10-12-28)14-17-4-6-18(7-5-17)29(32)33/h3-8,13,25H,9-12,14-15H2,1-2H3,(H,26,30). The molecular weight excluding hydrogens is 438 g/mol. The molecule has 0 aliphatic carbocycles. The number of aromatic nitrogens is 1. The van der Waals surface area contributed by atoms with Gasteiger partial charge in [-0.1, -0.05) is 23.8 Å². The van der Waals surface area contributed by atoms with Gasteiger partial charge in [0.1, 0.15) is 5.69 Å². The quantitative estimate of drug-likeness (QED) is 0.313. The molecule has 1 fully saturated rings. The number of benzene rings is 2. The maximum atomic E-state index is 12.8. The van der Waals surface area contributed by atoms with Crippen LogP contribution < -0.4 is 5.32 Å². The summed E-state index contributed by atoms with van der Waals surface area (Å²) in [4.78, 5) is 42.9. The van der Waals surface area contributed by atoms with Crippen LogP contribution in [0.15, 0.2) is 42.5 Å². The maximum absolute atomic E-state index is 12.8. The van der Waals surface area contributed by atoms with E-state index in [0.717, 1.165) is 48.2 Å². The van der Waals surface area contributed by atoms with Crippen LogP contribution in [0.5, 0.6) is 0 Å². The fraction of sp³-hybridized carbons (Fsp3) is 0.333. The monoisotopic (exact) mass is 465 g/mol. The Labute approximate surface area is 196 Å². The second-order valence-corrected chi connectivity index (χ2v) is 8.44. The lowest BCUT2D eigenvalue weighted by atomic mass is 10.1. The van der Waals surface area contributed by atoms with E-state index in [9.17, 15) is 19.7 Å². The molecule has 34 heavy (non-hydrogen) atoms. The number of rotatable bonds is 7. The predicted molar refractivity (Wildman–Crippen MR) is 128 cm³/mol. The number of aryl methyl sites for hydroxylation is 1. The fourth-order valence-electron chi connectivity index (χ4n) is 4.16. The molecule has 0 spiro atoms. The predicted octanol–water partition coefficient (Wildman–Crippen LogP) is 2.93. The Morgan fingerprint density at radius 3 is 2.41 bits per heavy atom. The van der Waals surface area contributed by atoms with Crippen LogP contribution in [0, 0.1) is 17.0 Å². The molecule has 0 atom stereocenters. The van der Waals surface area contributed by atoms with Crippen LogP contribution >= 0.6 is 0 Å². The van der Waals surface area contributed by atoms with Crippen molar-refractivity contribution in [1.82, 2.24) is 14.8 Å². The summed E-state index contributed by atoms with van der Waals surface area (Å²) in [5, 5.41) is 14.5. The highest BCUT2D eigenvalue weighted by atomic mass is 16.6. The molecular formula is C24H27N5O5. The number of nitrogens with one attached hydrogen (secondary N) is 2. The van der Waals surface area contributed by atoms with E-state index in [1.165, 1.54) is 19.2 Å². The molecule has 3 aromatic rings. The van der Waals surface area contributed by atoms with Crippen LogP contribution in [0.1, 0.15) is 21.6 Å². The normalized spacial score (nSPS) is 14.8. The van der Waals surface area contributed by atoms with Crippen molar-refractivity contribution in [1.29, 1.82) is 0 Å². The first-order valence-electron chi connectivity index (χ1n) is 11.0. The van der Waals surface area contributed by atoms with Gasteiger partial charge in [0.2, 0.25) is 5.91 Å². The number of nitro groups is 1. The number of ether oxygens (including phenoxy) is 1. The Morgan fingerprint density at radius 2 is 1.76 bits per heavy atom. The third-order valence-corrected chi connectivity index (χ3v) is 5.99. The van der Waals surface area contributed by atoms with Crippen molar-refractivity contribution in [2.75, 3.05) is 45.2 Å². The zero-order valence-electron chi connectivity index (χ0n) is 19.2. The van der Waals surface area contributed by atoms with Gasteiger partial charge in [-0.3, -0.25) is 24.7 Å². The van der Waals surface area contributed by atoms with Crippen LogP contribution in [0.3, 0.4) is 0 Å². The molecule has 178 valence electrons. The van der Waals surface area contributed by atoms with Crippen LogP contribution in [0.2, 0.25) is 0 Å². The Hall–Kier alpha value is -3.76. The van der Waals surface area contributed by atoms with Gasteiger partial charge in [0.25, 0.3) is 5.69 Å². The Balaban J connectivity index is 1.35. The van der Waals surface area contributed by atoms with Crippen molar-refractivity contribution < 1.29 is 19.2 Å². The SMILES string of the molecule is COC(=O)c1[nH]c2ccc(C)cc2c1NC(=O)CN1CCN(Cc2ccc([N+](=O)[O-])cc2)CC1. The molecule has 0 unspecified atom stereocenters.